The number of hydrogen-bond acceptors (Lipinski definition) is 4. The number of H-pyrrole nitrogens is 1. The van der Waals surface area contributed by atoms with Crippen LogP contribution in [0, 0.1) is 0 Å². The Morgan fingerprint density at radius 3 is 2.70 bits per heavy atom. The zero-order valence-corrected chi connectivity index (χ0v) is 14.2. The Labute approximate surface area is 138 Å². The lowest BCUT2D eigenvalue weighted by Gasteiger charge is -2.18. The lowest BCUT2D eigenvalue weighted by Crippen LogP contribution is -2.14. The van der Waals surface area contributed by atoms with Crippen LogP contribution in [0.25, 0.3) is 11.0 Å². The molecular formula is C17H19N3O2S. The molecule has 0 spiro atoms. The highest BCUT2D eigenvalue weighted by atomic mass is 32.2. The van der Waals surface area contributed by atoms with E-state index < -0.39 is 11.2 Å². The quantitative estimate of drug-likeness (QED) is 0.731. The molecule has 1 N–H and O–H groups in total. The van der Waals surface area contributed by atoms with Crippen LogP contribution >= 0.6 is 0 Å². The van der Waals surface area contributed by atoms with Gasteiger partial charge in [0.15, 0.2) is 0 Å². The molecule has 5 nitrogen and oxygen atoms in total. The van der Waals surface area contributed by atoms with Gasteiger partial charge in [-0.3, -0.25) is 4.98 Å². The van der Waals surface area contributed by atoms with Gasteiger partial charge in [-0.1, -0.05) is 12.1 Å². The van der Waals surface area contributed by atoms with Crippen LogP contribution in [-0.2, 0) is 16.9 Å². The van der Waals surface area contributed by atoms with E-state index in [9.17, 15) is 4.55 Å². The summed E-state index contributed by atoms with van der Waals surface area (Å²) < 4.78 is 18.0. The Kier molecular flexibility index (Phi) is 4.45. The van der Waals surface area contributed by atoms with Crippen molar-refractivity contribution in [2.45, 2.75) is 10.9 Å². The molecule has 3 rings (SSSR count). The Hall–Kier alpha value is -2.18. The van der Waals surface area contributed by atoms with Gasteiger partial charge in [0.05, 0.1) is 18.1 Å². The van der Waals surface area contributed by atoms with Crippen LogP contribution in [0.1, 0.15) is 5.56 Å². The van der Waals surface area contributed by atoms with Crippen LogP contribution < -0.4 is 9.64 Å². The van der Waals surface area contributed by atoms with Gasteiger partial charge in [-0.2, -0.15) is 4.98 Å². The summed E-state index contributed by atoms with van der Waals surface area (Å²) in [4.78, 5) is 9.57. The largest absolute Gasteiger partial charge is 0.609 e. The highest BCUT2D eigenvalue weighted by Gasteiger charge is 2.20. The van der Waals surface area contributed by atoms with Crippen LogP contribution in [-0.4, -0.2) is 35.7 Å². The van der Waals surface area contributed by atoms with Gasteiger partial charge in [-0.15, -0.1) is 0 Å². The SMILES string of the molecule is COc1ccc(N(C)C)c(C[S+]([O-])c2nc3ccccc3[nH]2)c1. The van der Waals surface area contributed by atoms with E-state index in [0.717, 1.165) is 28.0 Å². The van der Waals surface area contributed by atoms with E-state index in [1.54, 1.807) is 7.11 Å². The Bertz CT molecular complexity index is 783. The third-order valence-electron chi connectivity index (χ3n) is 3.64. The molecule has 1 atom stereocenters. The zero-order chi connectivity index (χ0) is 16.4. The zero-order valence-electron chi connectivity index (χ0n) is 13.4. The fourth-order valence-corrected chi connectivity index (χ4v) is 3.56. The summed E-state index contributed by atoms with van der Waals surface area (Å²) in [6.45, 7) is 0. The summed E-state index contributed by atoms with van der Waals surface area (Å²) in [5.74, 6) is 1.14. The van der Waals surface area contributed by atoms with Crippen molar-refractivity contribution in [3.8, 4) is 5.75 Å². The summed E-state index contributed by atoms with van der Waals surface area (Å²) >= 11 is -1.25. The number of aromatic amines is 1. The average molecular weight is 329 g/mol. The molecule has 1 heterocycles. The van der Waals surface area contributed by atoms with Crippen molar-refractivity contribution in [3.63, 3.8) is 0 Å². The summed E-state index contributed by atoms with van der Waals surface area (Å²) in [6.07, 6.45) is 0. The first-order chi connectivity index (χ1) is 11.1. The van der Waals surface area contributed by atoms with E-state index in [-0.39, 0.29) is 0 Å². The molecule has 0 amide bonds. The monoisotopic (exact) mass is 329 g/mol. The number of nitrogens with zero attached hydrogens (tertiary/aromatic N) is 2. The van der Waals surface area contributed by atoms with Crippen LogP contribution in [0.3, 0.4) is 0 Å². The molecule has 0 aliphatic carbocycles. The molecule has 6 heteroatoms. The summed E-state index contributed by atoms with van der Waals surface area (Å²) in [5.41, 5.74) is 3.71. The molecule has 120 valence electrons. The highest BCUT2D eigenvalue weighted by molar-refractivity contribution is 7.90. The van der Waals surface area contributed by atoms with Gasteiger partial charge in [0.2, 0.25) is 0 Å². The van der Waals surface area contributed by atoms with E-state index in [1.807, 2.05) is 61.5 Å². The number of methoxy groups -OCH3 is 1. The van der Waals surface area contributed by atoms with E-state index in [2.05, 4.69) is 9.97 Å². The van der Waals surface area contributed by atoms with Gasteiger partial charge in [0.25, 0.3) is 0 Å². The van der Waals surface area contributed by atoms with Gasteiger partial charge in [0, 0.05) is 36.5 Å². The van der Waals surface area contributed by atoms with Crippen LogP contribution in [0.2, 0.25) is 0 Å². The summed E-state index contributed by atoms with van der Waals surface area (Å²) in [7, 11) is 5.56. The third-order valence-corrected chi connectivity index (χ3v) is 4.84. The Morgan fingerprint density at radius 2 is 2.00 bits per heavy atom. The first-order valence-corrected chi connectivity index (χ1v) is 8.57. The average Bonchev–Trinajstić information content (AvgIpc) is 2.98. The van der Waals surface area contributed by atoms with Crippen molar-refractivity contribution in [1.29, 1.82) is 0 Å². The number of anilines is 1. The summed E-state index contributed by atoms with van der Waals surface area (Å²) in [6, 6.07) is 13.5. The van der Waals surface area contributed by atoms with Crippen LogP contribution in [0.4, 0.5) is 5.69 Å². The Morgan fingerprint density at radius 1 is 1.22 bits per heavy atom. The van der Waals surface area contributed by atoms with Crippen molar-refractivity contribution in [1.82, 2.24) is 9.97 Å². The minimum absolute atomic E-state index is 0.379. The predicted octanol–water partition coefficient (Wildman–Crippen LogP) is 2.95. The first-order valence-electron chi connectivity index (χ1n) is 7.26. The second-order valence-electron chi connectivity index (χ2n) is 5.44. The molecule has 0 fully saturated rings. The fraction of sp³-hybridized carbons (Fsp3) is 0.235. The molecule has 0 aliphatic rings. The van der Waals surface area contributed by atoms with Gasteiger partial charge in [0.1, 0.15) is 11.5 Å². The molecule has 0 saturated heterocycles. The van der Waals surface area contributed by atoms with E-state index in [1.165, 1.54) is 0 Å². The van der Waals surface area contributed by atoms with Crippen molar-refractivity contribution in [2.24, 2.45) is 0 Å². The maximum absolute atomic E-state index is 12.7. The Balaban J connectivity index is 1.90. The molecule has 1 unspecified atom stereocenters. The van der Waals surface area contributed by atoms with Crippen molar-refractivity contribution < 1.29 is 9.29 Å². The summed E-state index contributed by atoms with van der Waals surface area (Å²) in [5, 5.41) is 0.499. The molecule has 2 aromatic carbocycles. The van der Waals surface area contributed by atoms with Crippen LogP contribution in [0.15, 0.2) is 47.6 Å². The lowest BCUT2D eigenvalue weighted by molar-refractivity contribution is 0.414. The van der Waals surface area contributed by atoms with Gasteiger partial charge in [-0.25, -0.2) is 0 Å². The second-order valence-corrected chi connectivity index (χ2v) is 6.80. The number of fused-ring (bicyclic) bond motifs is 1. The number of aromatic nitrogens is 2. The van der Waals surface area contributed by atoms with Crippen molar-refractivity contribution in [3.05, 3.63) is 48.0 Å². The maximum atomic E-state index is 12.7. The van der Waals surface area contributed by atoms with Gasteiger partial charge in [-0.05, 0) is 30.3 Å². The van der Waals surface area contributed by atoms with E-state index >= 15 is 0 Å². The number of rotatable bonds is 5. The molecule has 0 saturated carbocycles. The van der Waals surface area contributed by atoms with Crippen molar-refractivity contribution in [2.75, 3.05) is 26.1 Å². The number of benzene rings is 2. The number of ether oxygens (including phenoxy) is 1. The minimum Gasteiger partial charge on any atom is -0.609 e. The third kappa shape index (κ3) is 3.28. The standard InChI is InChI=1S/C17H19N3O2S/c1-20(2)16-9-8-13(22-3)10-12(16)11-23(21)17-18-14-6-4-5-7-15(14)19-17/h4-10H,11H2,1-3H3,(H,18,19). The second kappa shape index (κ2) is 6.52. The molecule has 0 radical (unpaired) electrons. The van der Waals surface area contributed by atoms with Crippen molar-refractivity contribution >= 4 is 27.9 Å². The molecule has 0 bridgehead atoms. The van der Waals surface area contributed by atoms with Gasteiger partial charge >= 0.3 is 5.16 Å². The minimum atomic E-state index is -1.25. The maximum Gasteiger partial charge on any atom is 0.321 e. The first kappa shape index (κ1) is 15.7. The normalized spacial score (nSPS) is 12.3. The molecule has 3 aromatic rings. The van der Waals surface area contributed by atoms with Crippen LogP contribution in [0.5, 0.6) is 5.75 Å². The number of imidazole rings is 1. The highest BCUT2D eigenvalue weighted by Crippen LogP contribution is 2.28. The van der Waals surface area contributed by atoms with E-state index in [0.29, 0.717) is 10.9 Å². The molecule has 0 aliphatic heterocycles. The molecular weight excluding hydrogens is 310 g/mol. The number of nitrogens with one attached hydrogen (secondary N) is 1. The topological polar surface area (TPSA) is 64.2 Å². The van der Waals surface area contributed by atoms with Gasteiger partial charge < -0.3 is 14.2 Å². The predicted molar refractivity (Wildman–Crippen MR) is 93.5 cm³/mol. The smallest absolute Gasteiger partial charge is 0.321 e. The van der Waals surface area contributed by atoms with E-state index in [4.69, 9.17) is 4.74 Å². The number of hydrogen-bond donors (Lipinski definition) is 1. The number of para-hydroxylation sites is 2. The molecule has 1 aromatic heterocycles. The fourth-order valence-electron chi connectivity index (χ4n) is 2.49. The lowest BCUT2D eigenvalue weighted by atomic mass is 10.2. The molecule has 23 heavy (non-hydrogen) atoms.